The van der Waals surface area contributed by atoms with E-state index >= 15 is 0 Å². The number of aliphatic hydroxyl groups is 1. The van der Waals surface area contributed by atoms with Gasteiger partial charge in [0, 0.05) is 33.8 Å². The Labute approximate surface area is 119 Å². The summed E-state index contributed by atoms with van der Waals surface area (Å²) in [5.74, 6) is -3.15. The Morgan fingerprint density at radius 2 is 1.80 bits per heavy atom. The number of nitrogens with one attached hydrogen (secondary N) is 1. The van der Waals surface area contributed by atoms with Crippen LogP contribution in [0.2, 0.25) is 0 Å². The standard InChI is InChI=1S/C14H11NO4S/c16-11(6-12(17)14(18)19)10-7-15-8-13(10)20-9-4-2-1-3-5-9/h1-8,15-16H,(H,18,19). The number of benzene rings is 1. The first-order valence-corrected chi connectivity index (χ1v) is 6.47. The van der Waals surface area contributed by atoms with E-state index in [9.17, 15) is 14.7 Å². The molecule has 2 rings (SSSR count). The zero-order valence-corrected chi connectivity index (χ0v) is 11.1. The Kier molecular flexibility index (Phi) is 4.27. The van der Waals surface area contributed by atoms with E-state index in [4.69, 9.17) is 5.11 Å². The zero-order chi connectivity index (χ0) is 14.5. The number of ketones is 1. The molecule has 20 heavy (non-hydrogen) atoms. The van der Waals surface area contributed by atoms with Gasteiger partial charge in [0.15, 0.2) is 0 Å². The minimum atomic E-state index is -1.61. The van der Waals surface area contributed by atoms with E-state index < -0.39 is 11.8 Å². The van der Waals surface area contributed by atoms with Crippen LogP contribution in [0.15, 0.2) is 58.6 Å². The molecule has 0 saturated carbocycles. The summed E-state index contributed by atoms with van der Waals surface area (Å²) in [6, 6.07) is 9.48. The summed E-state index contributed by atoms with van der Waals surface area (Å²) in [5.41, 5.74) is 0.383. The molecule has 1 aromatic carbocycles. The van der Waals surface area contributed by atoms with Crippen molar-refractivity contribution in [2.24, 2.45) is 0 Å². The third-order valence-corrected chi connectivity index (χ3v) is 3.50. The maximum Gasteiger partial charge on any atom is 0.376 e. The van der Waals surface area contributed by atoms with Crippen molar-refractivity contribution >= 4 is 29.3 Å². The first kappa shape index (κ1) is 14.0. The molecule has 3 N–H and O–H groups in total. The Balaban J connectivity index is 2.25. The Bertz CT molecular complexity index is 661. The minimum absolute atomic E-state index is 0.378. The van der Waals surface area contributed by atoms with Gasteiger partial charge < -0.3 is 15.2 Å². The van der Waals surface area contributed by atoms with Crippen LogP contribution in [0.3, 0.4) is 0 Å². The van der Waals surface area contributed by atoms with Crippen molar-refractivity contribution in [2.45, 2.75) is 9.79 Å². The van der Waals surface area contributed by atoms with Gasteiger partial charge in [-0.2, -0.15) is 0 Å². The lowest BCUT2D eigenvalue weighted by molar-refractivity contribution is -0.146. The summed E-state index contributed by atoms with van der Waals surface area (Å²) in [5, 5.41) is 18.3. The molecule has 102 valence electrons. The lowest BCUT2D eigenvalue weighted by Crippen LogP contribution is -2.09. The number of aromatic amines is 1. The average molecular weight is 289 g/mol. The SMILES string of the molecule is O=C(O)C(=O)C=C(O)c1c[nH]cc1Sc1ccccc1. The van der Waals surface area contributed by atoms with Gasteiger partial charge in [-0.3, -0.25) is 4.79 Å². The van der Waals surface area contributed by atoms with Crippen molar-refractivity contribution in [1.82, 2.24) is 4.98 Å². The highest BCUT2D eigenvalue weighted by atomic mass is 32.2. The van der Waals surface area contributed by atoms with Crippen LogP contribution in [0.5, 0.6) is 0 Å². The largest absolute Gasteiger partial charge is 0.507 e. The lowest BCUT2D eigenvalue weighted by atomic mass is 10.2. The second kappa shape index (κ2) is 6.12. The van der Waals surface area contributed by atoms with Crippen LogP contribution in [-0.2, 0) is 9.59 Å². The van der Waals surface area contributed by atoms with Gasteiger partial charge in [0.05, 0.1) is 0 Å². The number of aliphatic carboxylic acids is 1. The molecule has 0 spiro atoms. The quantitative estimate of drug-likeness (QED) is 0.447. The van der Waals surface area contributed by atoms with Crippen LogP contribution < -0.4 is 0 Å². The molecule has 0 saturated heterocycles. The molecule has 0 aliphatic rings. The predicted octanol–water partition coefficient (Wildman–Crippen LogP) is 2.72. The first-order chi connectivity index (χ1) is 9.58. The summed E-state index contributed by atoms with van der Waals surface area (Å²) in [6.45, 7) is 0. The van der Waals surface area contributed by atoms with E-state index in [1.807, 2.05) is 30.3 Å². The number of carboxylic acids is 1. The summed E-state index contributed by atoms with van der Waals surface area (Å²) < 4.78 is 0. The Hall–Kier alpha value is -2.47. The van der Waals surface area contributed by atoms with Gasteiger partial charge in [0.1, 0.15) is 5.76 Å². The van der Waals surface area contributed by atoms with Crippen molar-refractivity contribution in [3.63, 3.8) is 0 Å². The molecule has 0 unspecified atom stereocenters. The maximum atomic E-state index is 11.1. The normalized spacial score (nSPS) is 11.3. The number of hydrogen-bond donors (Lipinski definition) is 3. The van der Waals surface area contributed by atoms with E-state index in [0.29, 0.717) is 16.5 Å². The van der Waals surface area contributed by atoms with Crippen molar-refractivity contribution in [2.75, 3.05) is 0 Å². The smallest absolute Gasteiger partial charge is 0.376 e. The number of aliphatic hydroxyl groups excluding tert-OH is 1. The fourth-order valence-corrected chi connectivity index (χ4v) is 2.46. The van der Waals surface area contributed by atoms with Gasteiger partial charge in [-0.05, 0) is 12.1 Å². The Morgan fingerprint density at radius 3 is 2.45 bits per heavy atom. The number of rotatable bonds is 5. The number of aromatic nitrogens is 1. The first-order valence-electron chi connectivity index (χ1n) is 5.66. The monoisotopic (exact) mass is 289 g/mol. The second-order valence-electron chi connectivity index (χ2n) is 3.85. The van der Waals surface area contributed by atoms with Crippen molar-refractivity contribution in [3.05, 3.63) is 54.4 Å². The molecule has 2 aromatic rings. The van der Waals surface area contributed by atoms with Gasteiger partial charge in [0.25, 0.3) is 5.78 Å². The molecule has 5 nitrogen and oxygen atoms in total. The molecule has 0 bridgehead atoms. The van der Waals surface area contributed by atoms with Gasteiger partial charge in [0.2, 0.25) is 0 Å². The fourth-order valence-electron chi connectivity index (χ4n) is 1.51. The van der Waals surface area contributed by atoms with Crippen LogP contribution in [-0.4, -0.2) is 26.9 Å². The molecule has 0 radical (unpaired) electrons. The highest BCUT2D eigenvalue weighted by Crippen LogP contribution is 2.32. The van der Waals surface area contributed by atoms with E-state index in [1.54, 1.807) is 6.20 Å². The third-order valence-electron chi connectivity index (χ3n) is 2.43. The third kappa shape index (κ3) is 3.30. The van der Waals surface area contributed by atoms with Crippen molar-refractivity contribution in [3.8, 4) is 0 Å². The second-order valence-corrected chi connectivity index (χ2v) is 4.96. The minimum Gasteiger partial charge on any atom is -0.507 e. The maximum absolute atomic E-state index is 11.1. The van der Waals surface area contributed by atoms with Crippen LogP contribution in [0.25, 0.3) is 5.76 Å². The number of H-pyrrole nitrogens is 1. The molecule has 0 fully saturated rings. The number of carboxylic acid groups (broad SMARTS) is 1. The average Bonchev–Trinajstić information content (AvgIpc) is 2.88. The number of hydrogen-bond acceptors (Lipinski definition) is 4. The number of carbonyl (C=O) groups is 2. The highest BCUT2D eigenvalue weighted by Gasteiger charge is 2.14. The molecule has 0 amide bonds. The van der Waals surface area contributed by atoms with E-state index in [0.717, 1.165) is 4.90 Å². The Morgan fingerprint density at radius 1 is 1.10 bits per heavy atom. The zero-order valence-electron chi connectivity index (χ0n) is 10.2. The van der Waals surface area contributed by atoms with Gasteiger partial charge in [-0.25, -0.2) is 4.79 Å². The molecular weight excluding hydrogens is 278 g/mol. The molecule has 0 atom stereocenters. The molecule has 0 aliphatic heterocycles. The summed E-state index contributed by atoms with van der Waals surface area (Å²) in [4.78, 5) is 26.0. The van der Waals surface area contributed by atoms with Crippen LogP contribution in [0.1, 0.15) is 5.56 Å². The van der Waals surface area contributed by atoms with Crippen LogP contribution in [0.4, 0.5) is 0 Å². The van der Waals surface area contributed by atoms with Crippen LogP contribution >= 0.6 is 11.8 Å². The van der Waals surface area contributed by atoms with E-state index in [-0.39, 0.29) is 5.76 Å². The molecular formula is C14H11NO4S. The molecule has 1 heterocycles. The summed E-state index contributed by atoms with van der Waals surface area (Å²) in [7, 11) is 0. The topological polar surface area (TPSA) is 90.4 Å². The van der Waals surface area contributed by atoms with E-state index in [2.05, 4.69) is 4.98 Å². The van der Waals surface area contributed by atoms with Crippen molar-refractivity contribution < 1.29 is 19.8 Å². The lowest BCUT2D eigenvalue weighted by Gasteiger charge is -2.02. The van der Waals surface area contributed by atoms with Gasteiger partial charge in [-0.1, -0.05) is 30.0 Å². The summed E-state index contributed by atoms with van der Waals surface area (Å²) in [6.07, 6.45) is 3.87. The van der Waals surface area contributed by atoms with Crippen molar-refractivity contribution in [1.29, 1.82) is 0 Å². The highest BCUT2D eigenvalue weighted by molar-refractivity contribution is 7.99. The molecule has 1 aromatic heterocycles. The van der Waals surface area contributed by atoms with E-state index in [1.165, 1.54) is 18.0 Å². The fraction of sp³-hybridized carbons (Fsp3) is 0. The predicted molar refractivity (Wildman–Crippen MR) is 74.6 cm³/mol. The number of carbonyl (C=O) groups excluding carboxylic acids is 1. The van der Waals surface area contributed by atoms with Gasteiger partial charge >= 0.3 is 5.97 Å². The molecule has 6 heteroatoms. The molecule has 0 aliphatic carbocycles. The van der Waals surface area contributed by atoms with Crippen LogP contribution in [0, 0.1) is 0 Å². The van der Waals surface area contributed by atoms with Gasteiger partial charge in [-0.15, -0.1) is 0 Å². The summed E-state index contributed by atoms with van der Waals surface area (Å²) >= 11 is 1.39.